The van der Waals surface area contributed by atoms with Gasteiger partial charge in [0.05, 0.1) is 19.3 Å². The molecule has 18 heavy (non-hydrogen) atoms. The molecule has 0 aromatic heterocycles. The van der Waals surface area contributed by atoms with Crippen molar-refractivity contribution in [2.75, 3.05) is 32.8 Å². The van der Waals surface area contributed by atoms with Crippen molar-refractivity contribution < 1.29 is 4.74 Å². The zero-order valence-corrected chi connectivity index (χ0v) is 12.0. The summed E-state index contributed by atoms with van der Waals surface area (Å²) < 4.78 is 5.50. The molecule has 1 fully saturated rings. The zero-order valence-electron chi connectivity index (χ0n) is 12.0. The number of rotatable bonds is 7. The van der Waals surface area contributed by atoms with Crippen LogP contribution in [0.3, 0.4) is 0 Å². The Labute approximate surface area is 111 Å². The summed E-state index contributed by atoms with van der Waals surface area (Å²) in [5, 5.41) is 12.7. The minimum Gasteiger partial charge on any atom is -0.378 e. The second-order valence-corrected chi connectivity index (χ2v) is 5.29. The highest BCUT2D eigenvalue weighted by Gasteiger charge is 2.27. The van der Waals surface area contributed by atoms with Gasteiger partial charge in [0.1, 0.15) is 5.54 Å². The van der Waals surface area contributed by atoms with Gasteiger partial charge >= 0.3 is 0 Å². The molecule has 2 atom stereocenters. The van der Waals surface area contributed by atoms with E-state index < -0.39 is 5.54 Å². The summed E-state index contributed by atoms with van der Waals surface area (Å²) in [5.74, 6) is 0. The Morgan fingerprint density at radius 2 is 2.28 bits per heavy atom. The number of ether oxygens (including phenoxy) is 1. The third kappa shape index (κ3) is 4.56. The fourth-order valence-corrected chi connectivity index (χ4v) is 2.31. The van der Waals surface area contributed by atoms with Crippen LogP contribution in [0.4, 0.5) is 0 Å². The number of morpholine rings is 1. The van der Waals surface area contributed by atoms with Crippen molar-refractivity contribution in [3.8, 4) is 6.07 Å². The lowest BCUT2D eigenvalue weighted by Gasteiger charge is -2.36. The van der Waals surface area contributed by atoms with Gasteiger partial charge in [0.25, 0.3) is 0 Å². The van der Waals surface area contributed by atoms with Crippen LogP contribution in [0.25, 0.3) is 0 Å². The van der Waals surface area contributed by atoms with E-state index in [1.165, 1.54) is 0 Å². The molecule has 4 nitrogen and oxygen atoms in total. The molecule has 4 heteroatoms. The predicted octanol–water partition coefficient (Wildman–Crippen LogP) is 1.77. The van der Waals surface area contributed by atoms with E-state index in [9.17, 15) is 5.26 Å². The van der Waals surface area contributed by atoms with Crippen LogP contribution < -0.4 is 5.32 Å². The largest absolute Gasteiger partial charge is 0.378 e. The van der Waals surface area contributed by atoms with Crippen LogP contribution in [0, 0.1) is 11.3 Å². The number of nitrogens with one attached hydrogen (secondary N) is 1. The lowest BCUT2D eigenvalue weighted by molar-refractivity contribution is -0.0108. The van der Waals surface area contributed by atoms with Crippen molar-refractivity contribution in [2.24, 2.45) is 0 Å². The summed E-state index contributed by atoms with van der Waals surface area (Å²) >= 11 is 0. The Hall–Kier alpha value is -0.630. The molecule has 1 rings (SSSR count). The Balaban J connectivity index is 2.43. The maximum atomic E-state index is 9.31. The molecule has 1 saturated heterocycles. The molecule has 0 aromatic rings. The Kier molecular flexibility index (Phi) is 6.62. The summed E-state index contributed by atoms with van der Waals surface area (Å²) in [4.78, 5) is 2.46. The normalized spacial score (nSPS) is 24.4. The molecule has 1 heterocycles. The molecule has 0 aliphatic carbocycles. The second kappa shape index (κ2) is 7.73. The molecule has 0 amide bonds. The van der Waals surface area contributed by atoms with Gasteiger partial charge < -0.3 is 4.74 Å². The lowest BCUT2D eigenvalue weighted by atomic mass is 9.98. The average Bonchev–Trinajstić information content (AvgIpc) is 2.43. The van der Waals surface area contributed by atoms with Crippen molar-refractivity contribution in [2.45, 2.75) is 51.6 Å². The minimum atomic E-state index is -0.396. The molecular formula is C14H27N3O. The van der Waals surface area contributed by atoms with Crippen molar-refractivity contribution in [1.82, 2.24) is 10.2 Å². The summed E-state index contributed by atoms with van der Waals surface area (Å²) in [7, 11) is 0. The molecule has 104 valence electrons. The molecule has 0 aromatic carbocycles. The number of nitrogens with zero attached hydrogens (tertiary/aromatic N) is 2. The number of nitriles is 1. The lowest BCUT2D eigenvalue weighted by Crippen LogP contribution is -2.49. The predicted molar refractivity (Wildman–Crippen MR) is 73.4 cm³/mol. The second-order valence-electron chi connectivity index (χ2n) is 5.29. The Morgan fingerprint density at radius 1 is 1.50 bits per heavy atom. The molecule has 1 aliphatic rings. The maximum absolute atomic E-state index is 9.31. The van der Waals surface area contributed by atoms with Gasteiger partial charge in [-0.15, -0.1) is 0 Å². The van der Waals surface area contributed by atoms with Gasteiger partial charge in [0.15, 0.2) is 0 Å². The van der Waals surface area contributed by atoms with Crippen LogP contribution in [0.2, 0.25) is 0 Å². The molecule has 2 unspecified atom stereocenters. The van der Waals surface area contributed by atoms with Crippen molar-refractivity contribution in [3.63, 3.8) is 0 Å². The van der Waals surface area contributed by atoms with Gasteiger partial charge in [-0.1, -0.05) is 13.8 Å². The van der Waals surface area contributed by atoms with Gasteiger partial charge in [-0.25, -0.2) is 0 Å². The smallest absolute Gasteiger partial charge is 0.105 e. The van der Waals surface area contributed by atoms with Gasteiger partial charge in [0, 0.05) is 19.1 Å². The Morgan fingerprint density at radius 3 is 2.89 bits per heavy atom. The molecule has 1 aliphatic heterocycles. The topological polar surface area (TPSA) is 48.3 Å². The molecular weight excluding hydrogens is 226 g/mol. The quantitative estimate of drug-likeness (QED) is 0.751. The van der Waals surface area contributed by atoms with E-state index in [-0.39, 0.29) is 0 Å². The van der Waals surface area contributed by atoms with E-state index in [0.717, 1.165) is 52.1 Å². The first kappa shape index (κ1) is 15.4. The van der Waals surface area contributed by atoms with E-state index in [4.69, 9.17) is 4.74 Å². The van der Waals surface area contributed by atoms with Crippen LogP contribution in [0.5, 0.6) is 0 Å². The van der Waals surface area contributed by atoms with E-state index in [2.05, 4.69) is 30.1 Å². The van der Waals surface area contributed by atoms with E-state index in [1.54, 1.807) is 0 Å². The SMILES string of the molecule is CCCNC(C)(C#N)CCN1CCOCC1CC. The zero-order chi connectivity index (χ0) is 13.4. The van der Waals surface area contributed by atoms with Gasteiger partial charge in [-0.3, -0.25) is 10.2 Å². The standard InChI is InChI=1S/C14H27N3O/c1-4-7-16-14(3,12-15)6-8-17-9-10-18-11-13(17)5-2/h13,16H,4-11H2,1-3H3. The summed E-state index contributed by atoms with van der Waals surface area (Å²) in [6.45, 7) is 10.9. The summed E-state index contributed by atoms with van der Waals surface area (Å²) in [5.41, 5.74) is -0.396. The fourth-order valence-electron chi connectivity index (χ4n) is 2.31. The third-order valence-electron chi connectivity index (χ3n) is 3.73. The van der Waals surface area contributed by atoms with Crippen LogP contribution in [-0.4, -0.2) is 49.3 Å². The molecule has 0 spiro atoms. The molecule has 0 bridgehead atoms. The highest BCUT2D eigenvalue weighted by molar-refractivity contribution is 5.04. The summed E-state index contributed by atoms with van der Waals surface area (Å²) in [6.07, 6.45) is 3.05. The first-order chi connectivity index (χ1) is 8.65. The van der Waals surface area contributed by atoms with Crippen molar-refractivity contribution in [1.29, 1.82) is 5.26 Å². The fraction of sp³-hybridized carbons (Fsp3) is 0.929. The van der Waals surface area contributed by atoms with E-state index >= 15 is 0 Å². The Bertz CT molecular complexity index is 277. The highest BCUT2D eigenvalue weighted by Crippen LogP contribution is 2.15. The van der Waals surface area contributed by atoms with Gasteiger partial charge in [-0.2, -0.15) is 5.26 Å². The third-order valence-corrected chi connectivity index (χ3v) is 3.73. The van der Waals surface area contributed by atoms with Crippen LogP contribution in [0.15, 0.2) is 0 Å². The first-order valence-corrected chi connectivity index (χ1v) is 7.13. The maximum Gasteiger partial charge on any atom is 0.105 e. The highest BCUT2D eigenvalue weighted by atomic mass is 16.5. The van der Waals surface area contributed by atoms with Crippen LogP contribution in [-0.2, 0) is 4.74 Å². The molecule has 0 radical (unpaired) electrons. The molecule has 0 saturated carbocycles. The van der Waals surface area contributed by atoms with Gasteiger partial charge in [0.2, 0.25) is 0 Å². The van der Waals surface area contributed by atoms with Crippen LogP contribution in [0.1, 0.15) is 40.0 Å². The van der Waals surface area contributed by atoms with E-state index in [0.29, 0.717) is 6.04 Å². The summed E-state index contributed by atoms with van der Waals surface area (Å²) in [6, 6.07) is 2.94. The van der Waals surface area contributed by atoms with Crippen LogP contribution >= 0.6 is 0 Å². The number of hydrogen-bond acceptors (Lipinski definition) is 4. The van der Waals surface area contributed by atoms with Gasteiger partial charge in [-0.05, 0) is 32.7 Å². The monoisotopic (exact) mass is 253 g/mol. The number of hydrogen-bond donors (Lipinski definition) is 1. The average molecular weight is 253 g/mol. The first-order valence-electron chi connectivity index (χ1n) is 7.13. The van der Waals surface area contributed by atoms with Crippen molar-refractivity contribution in [3.05, 3.63) is 0 Å². The van der Waals surface area contributed by atoms with E-state index in [1.807, 2.05) is 6.92 Å². The molecule has 1 N–H and O–H groups in total. The van der Waals surface area contributed by atoms with Crippen molar-refractivity contribution >= 4 is 0 Å². The minimum absolute atomic E-state index is 0.396.